The third-order valence-corrected chi connectivity index (χ3v) is 8.67. The zero-order valence-electron chi connectivity index (χ0n) is 24.8. The van der Waals surface area contributed by atoms with E-state index in [0.29, 0.717) is 0 Å². The molecule has 0 saturated carbocycles. The van der Waals surface area contributed by atoms with Crippen molar-refractivity contribution in [3.05, 3.63) is 188 Å². The lowest BCUT2D eigenvalue weighted by Gasteiger charge is -2.26. The highest BCUT2D eigenvalue weighted by atomic mass is 15.1. The summed E-state index contributed by atoms with van der Waals surface area (Å²) in [6.07, 6.45) is 0. The van der Waals surface area contributed by atoms with E-state index in [1.165, 1.54) is 54.9 Å². The van der Waals surface area contributed by atoms with E-state index in [2.05, 4.69) is 193 Å². The zero-order chi connectivity index (χ0) is 30.0. The number of fused-ring (bicyclic) bond motifs is 2. The Hall–Kier alpha value is -5.92. The fourth-order valence-electron chi connectivity index (χ4n) is 6.32. The van der Waals surface area contributed by atoms with Crippen LogP contribution < -0.4 is 4.90 Å². The van der Waals surface area contributed by atoms with Gasteiger partial charge in [-0.05, 0) is 97.4 Å². The monoisotopic (exact) mass is 573 g/mol. The second-order valence-electron chi connectivity index (χ2n) is 11.4. The molecule has 0 amide bonds. The van der Waals surface area contributed by atoms with Crippen LogP contribution in [0.4, 0.5) is 17.1 Å². The van der Waals surface area contributed by atoms with Gasteiger partial charge >= 0.3 is 0 Å². The Kier molecular flexibility index (Phi) is 6.90. The van der Waals surface area contributed by atoms with Crippen LogP contribution in [0.5, 0.6) is 0 Å². The maximum Gasteiger partial charge on any atom is 0.0462 e. The second kappa shape index (κ2) is 11.6. The Balaban J connectivity index is 1.09. The summed E-state index contributed by atoms with van der Waals surface area (Å²) in [5.74, 6) is 0. The van der Waals surface area contributed by atoms with Gasteiger partial charge in [0.15, 0.2) is 0 Å². The summed E-state index contributed by atoms with van der Waals surface area (Å²) in [6.45, 7) is 0. The molecule has 0 atom stereocenters. The lowest BCUT2D eigenvalue weighted by atomic mass is 9.96. The summed E-state index contributed by atoms with van der Waals surface area (Å²) in [5.41, 5.74) is 10.7. The number of hydrogen-bond acceptors (Lipinski definition) is 1. The fraction of sp³-hybridized carbons (Fsp3) is 0. The Labute approximate surface area is 264 Å². The maximum absolute atomic E-state index is 2.32. The average Bonchev–Trinajstić information content (AvgIpc) is 3.12. The molecule has 45 heavy (non-hydrogen) atoms. The molecular weight excluding hydrogens is 542 g/mol. The first-order valence-electron chi connectivity index (χ1n) is 15.4. The third-order valence-electron chi connectivity index (χ3n) is 8.67. The van der Waals surface area contributed by atoms with Gasteiger partial charge in [0.2, 0.25) is 0 Å². The van der Waals surface area contributed by atoms with Crippen LogP contribution in [0.3, 0.4) is 0 Å². The van der Waals surface area contributed by atoms with E-state index in [1.807, 2.05) is 0 Å². The van der Waals surface area contributed by atoms with Crippen molar-refractivity contribution in [3.63, 3.8) is 0 Å². The molecule has 0 heterocycles. The maximum atomic E-state index is 2.32. The average molecular weight is 574 g/mol. The van der Waals surface area contributed by atoms with E-state index in [0.717, 1.165) is 17.1 Å². The molecule has 0 aliphatic rings. The number of rotatable bonds is 6. The quantitative estimate of drug-likeness (QED) is 0.191. The van der Waals surface area contributed by atoms with Crippen LogP contribution in [0.15, 0.2) is 188 Å². The normalized spacial score (nSPS) is 11.1. The van der Waals surface area contributed by atoms with Crippen molar-refractivity contribution in [1.82, 2.24) is 0 Å². The summed E-state index contributed by atoms with van der Waals surface area (Å²) < 4.78 is 0. The summed E-state index contributed by atoms with van der Waals surface area (Å²) in [5, 5.41) is 5.06. The van der Waals surface area contributed by atoms with Crippen LogP contribution in [0.25, 0.3) is 54.9 Å². The van der Waals surface area contributed by atoms with Crippen molar-refractivity contribution in [2.75, 3.05) is 4.90 Å². The predicted octanol–water partition coefficient (Wildman–Crippen LogP) is 12.5. The van der Waals surface area contributed by atoms with Gasteiger partial charge in [0.25, 0.3) is 0 Å². The number of benzene rings is 8. The molecule has 1 nitrogen and oxygen atoms in total. The van der Waals surface area contributed by atoms with E-state index in [-0.39, 0.29) is 0 Å². The van der Waals surface area contributed by atoms with E-state index in [9.17, 15) is 0 Å². The van der Waals surface area contributed by atoms with Crippen LogP contribution in [0.2, 0.25) is 0 Å². The fourth-order valence-corrected chi connectivity index (χ4v) is 6.32. The lowest BCUT2D eigenvalue weighted by molar-refractivity contribution is 1.28. The summed E-state index contributed by atoms with van der Waals surface area (Å²) in [4.78, 5) is 2.32. The largest absolute Gasteiger partial charge is 0.311 e. The van der Waals surface area contributed by atoms with Gasteiger partial charge in [0.1, 0.15) is 0 Å². The summed E-state index contributed by atoms with van der Waals surface area (Å²) in [6, 6.07) is 67.6. The standard InChI is InChI=1S/C44H31N/c1-2-13-40(14-3-1)45(42-29-25-35(26-30-42)39-22-19-32-9-4-5-11-38(32)31-39)41-27-23-34(24-28-41)33-17-20-37(21-18-33)44-16-8-12-36-10-6-7-15-43(36)44/h1-31H. The van der Waals surface area contributed by atoms with Gasteiger partial charge < -0.3 is 4.90 Å². The Morgan fingerprint density at radius 2 is 0.733 bits per heavy atom. The van der Waals surface area contributed by atoms with Gasteiger partial charge in [-0.3, -0.25) is 0 Å². The van der Waals surface area contributed by atoms with Crippen LogP contribution in [-0.4, -0.2) is 0 Å². The molecular formula is C44H31N. The van der Waals surface area contributed by atoms with E-state index < -0.39 is 0 Å². The highest BCUT2D eigenvalue weighted by Crippen LogP contribution is 2.37. The Bertz CT molecular complexity index is 2230. The van der Waals surface area contributed by atoms with Gasteiger partial charge in [-0.15, -0.1) is 0 Å². The van der Waals surface area contributed by atoms with Crippen LogP contribution >= 0.6 is 0 Å². The minimum Gasteiger partial charge on any atom is -0.311 e. The molecule has 0 aromatic heterocycles. The summed E-state index contributed by atoms with van der Waals surface area (Å²) >= 11 is 0. The molecule has 8 aromatic rings. The zero-order valence-corrected chi connectivity index (χ0v) is 24.8. The predicted molar refractivity (Wildman–Crippen MR) is 192 cm³/mol. The molecule has 0 saturated heterocycles. The SMILES string of the molecule is c1ccc(N(c2ccc(-c3ccc(-c4cccc5ccccc45)cc3)cc2)c2ccc(-c3ccc4ccccc4c3)cc2)cc1. The molecule has 212 valence electrons. The van der Waals surface area contributed by atoms with Gasteiger partial charge in [0, 0.05) is 17.1 Å². The molecule has 0 N–H and O–H groups in total. The first-order chi connectivity index (χ1) is 22.3. The molecule has 1 heteroatoms. The van der Waals surface area contributed by atoms with E-state index >= 15 is 0 Å². The first kappa shape index (κ1) is 26.7. The molecule has 0 aliphatic heterocycles. The highest BCUT2D eigenvalue weighted by Gasteiger charge is 2.13. The first-order valence-corrected chi connectivity index (χ1v) is 15.4. The van der Waals surface area contributed by atoms with E-state index in [1.54, 1.807) is 0 Å². The molecule has 0 fully saturated rings. The topological polar surface area (TPSA) is 3.24 Å². The molecule has 8 rings (SSSR count). The van der Waals surface area contributed by atoms with Crippen LogP contribution in [0, 0.1) is 0 Å². The van der Waals surface area contributed by atoms with E-state index in [4.69, 9.17) is 0 Å². The molecule has 0 spiro atoms. The third kappa shape index (κ3) is 5.26. The molecule has 0 bridgehead atoms. The molecule has 0 aliphatic carbocycles. The molecule has 0 unspecified atom stereocenters. The van der Waals surface area contributed by atoms with Crippen molar-refractivity contribution in [3.8, 4) is 33.4 Å². The lowest BCUT2D eigenvalue weighted by Crippen LogP contribution is -2.09. The van der Waals surface area contributed by atoms with Gasteiger partial charge in [-0.2, -0.15) is 0 Å². The van der Waals surface area contributed by atoms with Crippen molar-refractivity contribution in [1.29, 1.82) is 0 Å². The van der Waals surface area contributed by atoms with Gasteiger partial charge in [-0.25, -0.2) is 0 Å². The Morgan fingerprint density at radius 3 is 1.42 bits per heavy atom. The van der Waals surface area contributed by atoms with Crippen molar-refractivity contribution in [2.24, 2.45) is 0 Å². The molecule has 0 radical (unpaired) electrons. The van der Waals surface area contributed by atoms with Crippen molar-refractivity contribution >= 4 is 38.6 Å². The molecule has 8 aromatic carbocycles. The summed E-state index contributed by atoms with van der Waals surface area (Å²) in [7, 11) is 0. The highest BCUT2D eigenvalue weighted by molar-refractivity contribution is 5.97. The number of hydrogen-bond donors (Lipinski definition) is 0. The van der Waals surface area contributed by atoms with Crippen LogP contribution in [0.1, 0.15) is 0 Å². The number of nitrogens with zero attached hydrogens (tertiary/aromatic N) is 1. The Morgan fingerprint density at radius 1 is 0.267 bits per heavy atom. The minimum atomic E-state index is 1.12. The van der Waals surface area contributed by atoms with Crippen molar-refractivity contribution < 1.29 is 0 Å². The van der Waals surface area contributed by atoms with Gasteiger partial charge in [0.05, 0.1) is 0 Å². The number of anilines is 3. The smallest absolute Gasteiger partial charge is 0.0462 e. The minimum absolute atomic E-state index is 1.12. The van der Waals surface area contributed by atoms with Crippen LogP contribution in [-0.2, 0) is 0 Å². The van der Waals surface area contributed by atoms with Crippen molar-refractivity contribution in [2.45, 2.75) is 0 Å². The number of para-hydroxylation sites is 1. The second-order valence-corrected chi connectivity index (χ2v) is 11.4. The van der Waals surface area contributed by atoms with Gasteiger partial charge in [-0.1, -0.05) is 146 Å².